The van der Waals surface area contributed by atoms with E-state index in [1.54, 1.807) is 4.68 Å². The Labute approximate surface area is 147 Å². The van der Waals surface area contributed by atoms with Crippen LogP contribution in [0.25, 0.3) is 11.0 Å². The highest BCUT2D eigenvalue weighted by Crippen LogP contribution is 2.27. The van der Waals surface area contributed by atoms with E-state index in [0.717, 1.165) is 34.3 Å². The topological polar surface area (TPSA) is 73.0 Å². The molecule has 0 aliphatic rings. The van der Waals surface area contributed by atoms with Crippen LogP contribution in [0.3, 0.4) is 0 Å². The first kappa shape index (κ1) is 17.2. The molecule has 0 aliphatic carbocycles. The number of rotatable bonds is 5. The van der Waals surface area contributed by atoms with Gasteiger partial charge in [-0.15, -0.1) is 0 Å². The van der Waals surface area contributed by atoms with Gasteiger partial charge in [0.1, 0.15) is 17.7 Å². The summed E-state index contributed by atoms with van der Waals surface area (Å²) in [5.74, 6) is 1.28. The smallest absolute Gasteiger partial charge is 0.287 e. The highest BCUT2D eigenvalue weighted by Gasteiger charge is 2.24. The number of amides is 1. The Balaban J connectivity index is 1.91. The van der Waals surface area contributed by atoms with Gasteiger partial charge in [-0.2, -0.15) is 5.10 Å². The third kappa shape index (κ3) is 3.43. The zero-order valence-electron chi connectivity index (χ0n) is 15.3. The van der Waals surface area contributed by atoms with Crippen LogP contribution < -0.4 is 5.32 Å². The summed E-state index contributed by atoms with van der Waals surface area (Å²) in [6, 6.07) is 5.71. The largest absolute Gasteiger partial charge is 0.451 e. The summed E-state index contributed by atoms with van der Waals surface area (Å²) in [5.41, 5.74) is 2.73. The Morgan fingerprint density at radius 1 is 1.32 bits per heavy atom. The maximum absolute atomic E-state index is 12.9. The zero-order valence-corrected chi connectivity index (χ0v) is 15.3. The molecule has 1 amide bonds. The van der Waals surface area contributed by atoms with Gasteiger partial charge in [0.15, 0.2) is 5.76 Å². The van der Waals surface area contributed by atoms with Gasteiger partial charge in [-0.1, -0.05) is 25.5 Å². The standard InChI is InChI=1S/C19H24N4O2/c1-11(2)8-15(18-20-10-21-23(18)5)22-19(24)17-13(4)14-9-12(3)6-7-16(14)25-17/h6-7,9-11,15H,8H2,1-5H3,(H,22,24)/t15-/m0/s1. The number of nitrogens with zero attached hydrogens (tertiary/aromatic N) is 3. The first-order valence-electron chi connectivity index (χ1n) is 8.51. The summed E-state index contributed by atoms with van der Waals surface area (Å²) >= 11 is 0. The van der Waals surface area contributed by atoms with Gasteiger partial charge in [0.2, 0.25) is 0 Å². The van der Waals surface area contributed by atoms with Crippen LogP contribution in [0.4, 0.5) is 0 Å². The number of carbonyl (C=O) groups is 1. The lowest BCUT2D eigenvalue weighted by atomic mass is 10.0. The molecule has 132 valence electrons. The van der Waals surface area contributed by atoms with Crippen LogP contribution in [-0.2, 0) is 7.05 Å². The van der Waals surface area contributed by atoms with Gasteiger partial charge < -0.3 is 9.73 Å². The average molecular weight is 340 g/mol. The minimum Gasteiger partial charge on any atom is -0.451 e. The van der Waals surface area contributed by atoms with E-state index in [1.807, 2.05) is 39.1 Å². The van der Waals surface area contributed by atoms with E-state index in [1.165, 1.54) is 6.33 Å². The number of fused-ring (bicyclic) bond motifs is 1. The minimum atomic E-state index is -0.222. The Morgan fingerprint density at radius 3 is 2.72 bits per heavy atom. The third-order valence-corrected chi connectivity index (χ3v) is 4.37. The van der Waals surface area contributed by atoms with E-state index in [0.29, 0.717) is 11.7 Å². The van der Waals surface area contributed by atoms with Crippen LogP contribution in [0.2, 0.25) is 0 Å². The van der Waals surface area contributed by atoms with Gasteiger partial charge in [0, 0.05) is 18.0 Å². The molecule has 1 aromatic carbocycles. The fraction of sp³-hybridized carbons (Fsp3) is 0.421. The second-order valence-electron chi connectivity index (χ2n) is 6.95. The number of benzene rings is 1. The van der Waals surface area contributed by atoms with E-state index >= 15 is 0 Å². The molecule has 3 aromatic rings. The van der Waals surface area contributed by atoms with Gasteiger partial charge in [-0.3, -0.25) is 9.48 Å². The minimum absolute atomic E-state index is 0.214. The summed E-state index contributed by atoms with van der Waals surface area (Å²) in [5, 5.41) is 8.16. The highest BCUT2D eigenvalue weighted by atomic mass is 16.3. The first-order valence-corrected chi connectivity index (χ1v) is 8.51. The molecule has 6 nitrogen and oxygen atoms in total. The van der Waals surface area contributed by atoms with Gasteiger partial charge in [0.25, 0.3) is 5.91 Å². The van der Waals surface area contributed by atoms with Crippen molar-refractivity contribution in [1.82, 2.24) is 20.1 Å². The molecule has 0 spiro atoms. The van der Waals surface area contributed by atoms with E-state index in [2.05, 4.69) is 29.2 Å². The van der Waals surface area contributed by atoms with Crippen LogP contribution in [0.5, 0.6) is 0 Å². The molecule has 0 unspecified atom stereocenters. The van der Waals surface area contributed by atoms with Crippen molar-refractivity contribution >= 4 is 16.9 Å². The number of furan rings is 1. The molecule has 25 heavy (non-hydrogen) atoms. The molecule has 0 saturated heterocycles. The van der Waals surface area contributed by atoms with Crippen LogP contribution in [-0.4, -0.2) is 20.7 Å². The second-order valence-corrected chi connectivity index (χ2v) is 6.95. The lowest BCUT2D eigenvalue weighted by Crippen LogP contribution is -2.31. The fourth-order valence-corrected chi connectivity index (χ4v) is 3.10. The monoisotopic (exact) mass is 340 g/mol. The van der Waals surface area contributed by atoms with Crippen molar-refractivity contribution in [2.24, 2.45) is 13.0 Å². The number of aryl methyl sites for hydroxylation is 3. The van der Waals surface area contributed by atoms with Crippen molar-refractivity contribution in [2.75, 3.05) is 0 Å². The molecule has 1 atom stereocenters. The van der Waals surface area contributed by atoms with Gasteiger partial charge in [-0.05, 0) is 38.3 Å². The van der Waals surface area contributed by atoms with Gasteiger partial charge >= 0.3 is 0 Å². The molecule has 1 N–H and O–H groups in total. The quantitative estimate of drug-likeness (QED) is 0.769. The Kier molecular flexibility index (Phi) is 4.61. The van der Waals surface area contributed by atoms with Crippen molar-refractivity contribution < 1.29 is 9.21 Å². The Bertz CT molecular complexity index is 907. The molecule has 2 aromatic heterocycles. The normalized spacial score (nSPS) is 12.7. The molecule has 0 aliphatic heterocycles. The summed E-state index contributed by atoms with van der Waals surface area (Å²) in [4.78, 5) is 17.2. The van der Waals surface area contributed by atoms with Crippen LogP contribution in [0, 0.1) is 19.8 Å². The van der Waals surface area contributed by atoms with E-state index in [9.17, 15) is 4.79 Å². The van der Waals surface area contributed by atoms with Crippen molar-refractivity contribution in [3.8, 4) is 0 Å². The second kappa shape index (κ2) is 6.70. The Morgan fingerprint density at radius 2 is 2.08 bits per heavy atom. The van der Waals surface area contributed by atoms with Gasteiger partial charge in [0.05, 0.1) is 6.04 Å². The number of carbonyl (C=O) groups excluding carboxylic acids is 1. The van der Waals surface area contributed by atoms with Crippen molar-refractivity contribution in [1.29, 1.82) is 0 Å². The fourth-order valence-electron chi connectivity index (χ4n) is 3.10. The molecule has 0 radical (unpaired) electrons. The van der Waals surface area contributed by atoms with Crippen LogP contribution >= 0.6 is 0 Å². The third-order valence-electron chi connectivity index (χ3n) is 4.37. The molecule has 0 saturated carbocycles. The predicted molar refractivity (Wildman–Crippen MR) is 96.4 cm³/mol. The molecule has 0 bridgehead atoms. The molecule has 6 heteroatoms. The van der Waals surface area contributed by atoms with Crippen LogP contribution in [0.1, 0.15) is 53.8 Å². The number of hydrogen-bond acceptors (Lipinski definition) is 4. The van der Waals surface area contributed by atoms with Crippen molar-refractivity contribution in [3.05, 3.63) is 47.2 Å². The van der Waals surface area contributed by atoms with Gasteiger partial charge in [-0.25, -0.2) is 4.98 Å². The summed E-state index contributed by atoms with van der Waals surface area (Å²) in [6.45, 7) is 8.17. The lowest BCUT2D eigenvalue weighted by molar-refractivity contribution is 0.0902. The maximum atomic E-state index is 12.9. The number of nitrogens with one attached hydrogen (secondary N) is 1. The van der Waals surface area contributed by atoms with E-state index in [4.69, 9.17) is 4.42 Å². The summed E-state index contributed by atoms with van der Waals surface area (Å²) < 4.78 is 7.51. The molecular weight excluding hydrogens is 316 g/mol. The average Bonchev–Trinajstić information content (AvgIpc) is 3.10. The van der Waals surface area contributed by atoms with E-state index < -0.39 is 0 Å². The molecule has 0 fully saturated rings. The Hall–Kier alpha value is -2.63. The molecule has 2 heterocycles. The van der Waals surface area contributed by atoms with Crippen molar-refractivity contribution in [2.45, 2.75) is 40.2 Å². The van der Waals surface area contributed by atoms with E-state index in [-0.39, 0.29) is 11.9 Å². The first-order chi connectivity index (χ1) is 11.9. The summed E-state index contributed by atoms with van der Waals surface area (Å²) in [6.07, 6.45) is 2.28. The maximum Gasteiger partial charge on any atom is 0.287 e. The number of hydrogen-bond donors (Lipinski definition) is 1. The highest BCUT2D eigenvalue weighted by molar-refractivity contribution is 5.99. The molecule has 3 rings (SSSR count). The SMILES string of the molecule is Cc1ccc2oc(C(=O)N[C@@H](CC(C)C)c3ncnn3C)c(C)c2c1. The number of aromatic nitrogens is 3. The summed E-state index contributed by atoms with van der Waals surface area (Å²) in [7, 11) is 1.83. The molecular formula is C19H24N4O2. The van der Waals surface area contributed by atoms with Crippen LogP contribution in [0.15, 0.2) is 28.9 Å². The lowest BCUT2D eigenvalue weighted by Gasteiger charge is -2.19. The zero-order chi connectivity index (χ0) is 18.1. The van der Waals surface area contributed by atoms with Crippen molar-refractivity contribution in [3.63, 3.8) is 0 Å². The predicted octanol–water partition coefficient (Wildman–Crippen LogP) is 3.70.